The van der Waals surface area contributed by atoms with Crippen molar-refractivity contribution in [3.05, 3.63) is 28.5 Å². The van der Waals surface area contributed by atoms with Crippen molar-refractivity contribution >= 4 is 33.6 Å². The molecule has 1 atom stereocenters. The number of carboxylic acids is 1. The molecule has 1 aromatic rings. The first-order valence-electron chi connectivity index (χ1n) is 5.56. The van der Waals surface area contributed by atoms with Crippen molar-refractivity contribution in [2.24, 2.45) is 5.92 Å². The normalized spacial score (nSPS) is 12.1. The molecular weight excluding hydrogens is 319 g/mol. The van der Waals surface area contributed by atoms with Crippen molar-refractivity contribution in [3.63, 3.8) is 0 Å². The number of benzene rings is 1. The maximum absolute atomic E-state index is 13.2. The molecule has 19 heavy (non-hydrogen) atoms. The Hall–Kier alpha value is -1.63. The summed E-state index contributed by atoms with van der Waals surface area (Å²) in [6.07, 6.45) is 0. The highest BCUT2D eigenvalue weighted by Gasteiger charge is 2.23. The summed E-state index contributed by atoms with van der Waals surface area (Å²) in [6, 6.07) is 2.39. The van der Waals surface area contributed by atoms with E-state index in [-0.39, 0.29) is 16.1 Å². The van der Waals surface area contributed by atoms with E-state index in [1.807, 2.05) is 0 Å². The van der Waals surface area contributed by atoms with Gasteiger partial charge < -0.3 is 15.7 Å². The van der Waals surface area contributed by atoms with E-state index in [9.17, 15) is 14.0 Å². The molecule has 0 radical (unpaired) electrons. The minimum atomic E-state index is -1.12. The lowest BCUT2D eigenvalue weighted by molar-refractivity contribution is -0.140. The number of nitrogens with one attached hydrogen (secondary N) is 2. The lowest BCUT2D eigenvalue weighted by Gasteiger charge is -2.18. The zero-order valence-corrected chi connectivity index (χ0v) is 12.0. The third-order valence-electron chi connectivity index (χ3n) is 2.40. The highest BCUT2D eigenvalue weighted by molar-refractivity contribution is 9.10. The van der Waals surface area contributed by atoms with E-state index in [2.05, 4.69) is 26.6 Å². The standard InChI is InChI=1S/C12H14BrFN2O3/c1-6(2)10(11(17)18)16-12(19)15-7-3-4-8(13)9(14)5-7/h3-6,10H,1-2H3,(H,17,18)(H2,15,16,19)/t10-/m0/s1. The van der Waals surface area contributed by atoms with E-state index in [1.165, 1.54) is 12.1 Å². The highest BCUT2D eigenvalue weighted by atomic mass is 79.9. The first-order chi connectivity index (χ1) is 8.81. The molecule has 104 valence electrons. The van der Waals surface area contributed by atoms with Gasteiger partial charge in [-0.3, -0.25) is 0 Å². The van der Waals surface area contributed by atoms with Gasteiger partial charge in [-0.1, -0.05) is 13.8 Å². The highest BCUT2D eigenvalue weighted by Crippen LogP contribution is 2.19. The van der Waals surface area contributed by atoms with Crippen LogP contribution in [0.15, 0.2) is 22.7 Å². The fourth-order valence-corrected chi connectivity index (χ4v) is 1.64. The van der Waals surface area contributed by atoms with Gasteiger partial charge in [0.15, 0.2) is 0 Å². The van der Waals surface area contributed by atoms with E-state index < -0.39 is 23.9 Å². The number of carbonyl (C=O) groups is 2. The van der Waals surface area contributed by atoms with Crippen LogP contribution in [-0.4, -0.2) is 23.1 Å². The Balaban J connectivity index is 2.69. The zero-order chi connectivity index (χ0) is 14.6. The number of hydrogen-bond donors (Lipinski definition) is 3. The van der Waals surface area contributed by atoms with E-state index in [0.29, 0.717) is 0 Å². The quantitative estimate of drug-likeness (QED) is 0.793. The van der Waals surface area contributed by atoms with Crippen LogP contribution >= 0.6 is 15.9 Å². The maximum atomic E-state index is 13.2. The van der Waals surface area contributed by atoms with Crippen molar-refractivity contribution < 1.29 is 19.1 Å². The molecule has 0 unspecified atom stereocenters. The molecule has 0 aromatic heterocycles. The number of anilines is 1. The molecule has 7 heteroatoms. The Bertz CT molecular complexity index is 494. The Morgan fingerprint density at radius 1 is 1.37 bits per heavy atom. The molecule has 3 N–H and O–H groups in total. The molecular formula is C12H14BrFN2O3. The second-order valence-corrected chi connectivity index (χ2v) is 5.14. The van der Waals surface area contributed by atoms with Gasteiger partial charge in [0.2, 0.25) is 0 Å². The number of amides is 2. The fraction of sp³-hybridized carbons (Fsp3) is 0.333. The lowest BCUT2D eigenvalue weighted by Crippen LogP contribution is -2.46. The molecule has 0 heterocycles. The SMILES string of the molecule is CC(C)[C@H](NC(=O)Nc1ccc(Br)c(F)c1)C(=O)O. The van der Waals surface area contributed by atoms with Gasteiger partial charge in [-0.2, -0.15) is 0 Å². The maximum Gasteiger partial charge on any atom is 0.326 e. The van der Waals surface area contributed by atoms with Gasteiger partial charge >= 0.3 is 12.0 Å². The predicted octanol–water partition coefficient (Wildman–Crippen LogP) is 2.82. The Kier molecular flexibility index (Phi) is 5.29. The molecule has 0 fully saturated rings. The van der Waals surface area contributed by atoms with Crippen LogP contribution in [0.1, 0.15) is 13.8 Å². The summed E-state index contributed by atoms with van der Waals surface area (Å²) < 4.78 is 13.5. The molecule has 0 aliphatic rings. The topological polar surface area (TPSA) is 78.4 Å². The van der Waals surface area contributed by atoms with Crippen LogP contribution in [0.5, 0.6) is 0 Å². The summed E-state index contributed by atoms with van der Waals surface area (Å²) in [6.45, 7) is 3.36. The first kappa shape index (κ1) is 15.4. The van der Waals surface area contributed by atoms with Crippen LogP contribution in [-0.2, 0) is 4.79 Å². The van der Waals surface area contributed by atoms with Crippen LogP contribution in [0.4, 0.5) is 14.9 Å². The summed E-state index contributed by atoms with van der Waals surface area (Å²) >= 11 is 2.99. The van der Waals surface area contributed by atoms with Crippen molar-refractivity contribution in [1.29, 1.82) is 0 Å². The third-order valence-corrected chi connectivity index (χ3v) is 3.04. The zero-order valence-electron chi connectivity index (χ0n) is 10.4. The Labute approximate surface area is 118 Å². The average Bonchev–Trinajstić information content (AvgIpc) is 2.30. The Morgan fingerprint density at radius 2 is 2.00 bits per heavy atom. The van der Waals surface area contributed by atoms with Gasteiger partial charge in [-0.15, -0.1) is 0 Å². The van der Waals surface area contributed by atoms with Crippen molar-refractivity contribution in [3.8, 4) is 0 Å². The summed E-state index contributed by atoms with van der Waals surface area (Å²) in [5, 5.41) is 13.6. The molecule has 5 nitrogen and oxygen atoms in total. The third kappa shape index (κ3) is 4.51. The van der Waals surface area contributed by atoms with Crippen molar-refractivity contribution in [1.82, 2.24) is 5.32 Å². The van der Waals surface area contributed by atoms with E-state index >= 15 is 0 Å². The van der Waals surface area contributed by atoms with E-state index in [1.54, 1.807) is 13.8 Å². The van der Waals surface area contributed by atoms with Crippen LogP contribution < -0.4 is 10.6 Å². The van der Waals surface area contributed by atoms with Crippen LogP contribution in [0.3, 0.4) is 0 Å². The monoisotopic (exact) mass is 332 g/mol. The van der Waals surface area contributed by atoms with Gasteiger partial charge in [0, 0.05) is 5.69 Å². The molecule has 1 rings (SSSR count). The molecule has 0 saturated heterocycles. The average molecular weight is 333 g/mol. The molecule has 0 bridgehead atoms. The summed E-state index contributed by atoms with van der Waals surface area (Å²) in [4.78, 5) is 22.5. The van der Waals surface area contributed by atoms with Gasteiger partial charge in [0.25, 0.3) is 0 Å². The second kappa shape index (κ2) is 6.51. The molecule has 0 aliphatic heterocycles. The number of carbonyl (C=O) groups excluding carboxylic acids is 1. The fourth-order valence-electron chi connectivity index (χ4n) is 1.40. The van der Waals surface area contributed by atoms with Crippen molar-refractivity contribution in [2.45, 2.75) is 19.9 Å². The predicted molar refractivity (Wildman–Crippen MR) is 72.5 cm³/mol. The van der Waals surface area contributed by atoms with Gasteiger partial charge in [0.05, 0.1) is 4.47 Å². The number of rotatable bonds is 4. The second-order valence-electron chi connectivity index (χ2n) is 4.29. The number of hydrogen-bond acceptors (Lipinski definition) is 2. The molecule has 0 spiro atoms. The number of carboxylic acid groups (broad SMARTS) is 1. The van der Waals surface area contributed by atoms with Crippen LogP contribution in [0, 0.1) is 11.7 Å². The smallest absolute Gasteiger partial charge is 0.326 e. The largest absolute Gasteiger partial charge is 0.480 e. The summed E-state index contributed by atoms with van der Waals surface area (Å²) in [7, 11) is 0. The van der Waals surface area contributed by atoms with Gasteiger partial charge in [-0.05, 0) is 40.0 Å². The van der Waals surface area contributed by atoms with Crippen LogP contribution in [0.2, 0.25) is 0 Å². The number of urea groups is 1. The van der Waals surface area contributed by atoms with E-state index in [4.69, 9.17) is 5.11 Å². The number of aliphatic carboxylic acids is 1. The summed E-state index contributed by atoms with van der Waals surface area (Å²) in [5.74, 6) is -1.89. The lowest BCUT2D eigenvalue weighted by atomic mass is 10.1. The van der Waals surface area contributed by atoms with E-state index in [0.717, 1.165) is 6.07 Å². The minimum absolute atomic E-state index is 0.242. The van der Waals surface area contributed by atoms with Crippen molar-refractivity contribution in [2.75, 3.05) is 5.32 Å². The molecule has 1 aromatic carbocycles. The first-order valence-corrected chi connectivity index (χ1v) is 6.36. The van der Waals surface area contributed by atoms with Gasteiger partial charge in [-0.25, -0.2) is 14.0 Å². The molecule has 0 saturated carbocycles. The molecule has 0 aliphatic carbocycles. The minimum Gasteiger partial charge on any atom is -0.480 e. The summed E-state index contributed by atoms with van der Waals surface area (Å²) in [5.41, 5.74) is 0.242. The van der Waals surface area contributed by atoms with Gasteiger partial charge in [0.1, 0.15) is 11.9 Å². The molecule has 2 amide bonds. The number of halogens is 2. The Morgan fingerprint density at radius 3 is 2.47 bits per heavy atom. The van der Waals surface area contributed by atoms with Crippen LogP contribution in [0.25, 0.3) is 0 Å².